The van der Waals surface area contributed by atoms with Crippen LogP contribution in [0.3, 0.4) is 0 Å². The maximum absolute atomic E-state index is 12.6. The van der Waals surface area contributed by atoms with E-state index in [4.69, 9.17) is 23.7 Å². The van der Waals surface area contributed by atoms with Gasteiger partial charge in [0.05, 0.1) is 17.8 Å². The summed E-state index contributed by atoms with van der Waals surface area (Å²) in [5.41, 5.74) is -0.705. The number of aliphatic hydroxyl groups excluding tert-OH is 2. The van der Waals surface area contributed by atoms with Gasteiger partial charge in [-0.3, -0.25) is 4.79 Å². The van der Waals surface area contributed by atoms with E-state index in [-0.39, 0.29) is 35.9 Å². The summed E-state index contributed by atoms with van der Waals surface area (Å²) in [6, 6.07) is 0. The predicted octanol–water partition coefficient (Wildman–Crippen LogP) is 2.26. The van der Waals surface area contributed by atoms with Gasteiger partial charge in [-0.15, -0.1) is 0 Å². The van der Waals surface area contributed by atoms with Crippen LogP contribution in [0.1, 0.15) is 72.1 Å². The number of rotatable bonds is 6. The van der Waals surface area contributed by atoms with Crippen LogP contribution < -0.4 is 0 Å². The zero-order valence-corrected chi connectivity index (χ0v) is 24.6. The normalized spacial score (nSPS) is 53.0. The molecule has 10 heteroatoms. The van der Waals surface area contributed by atoms with Crippen LogP contribution in [-0.2, 0) is 33.3 Å². The molecule has 0 spiro atoms. The van der Waals surface area contributed by atoms with E-state index in [1.807, 2.05) is 0 Å². The van der Waals surface area contributed by atoms with Crippen molar-refractivity contribution in [3.05, 3.63) is 11.6 Å². The number of cyclic esters (lactones) is 1. The Morgan fingerprint density at radius 3 is 2.54 bits per heavy atom. The van der Waals surface area contributed by atoms with Gasteiger partial charge < -0.3 is 39.0 Å². The largest absolute Gasteiger partial charge is 0.464 e. The molecule has 0 bridgehead atoms. The lowest BCUT2D eigenvalue weighted by Gasteiger charge is -2.63. The average Bonchev–Trinajstić information content (AvgIpc) is 3.45. The summed E-state index contributed by atoms with van der Waals surface area (Å²) in [5.74, 6) is 0.156. The first kappa shape index (κ1) is 29.5. The van der Waals surface area contributed by atoms with Crippen LogP contribution in [0, 0.1) is 34.5 Å². The van der Waals surface area contributed by atoms with Gasteiger partial charge in [0.15, 0.2) is 6.29 Å². The molecule has 0 aromatic heterocycles. The molecule has 6 rings (SSSR count). The molecule has 10 nitrogen and oxygen atoms in total. The second kappa shape index (κ2) is 10.6. The average molecular weight is 579 g/mol. The fourth-order valence-corrected chi connectivity index (χ4v) is 10.3. The summed E-state index contributed by atoms with van der Waals surface area (Å²) < 4.78 is 28.4. The lowest BCUT2D eigenvalue weighted by molar-refractivity contribution is -0.313. The van der Waals surface area contributed by atoms with E-state index in [1.165, 1.54) is 13.2 Å². The van der Waals surface area contributed by atoms with Crippen LogP contribution in [0.4, 0.5) is 0 Å². The van der Waals surface area contributed by atoms with E-state index in [0.717, 1.165) is 50.5 Å². The number of aliphatic hydroxyl groups is 3. The molecule has 2 aliphatic heterocycles. The van der Waals surface area contributed by atoms with E-state index in [2.05, 4.69) is 13.8 Å². The number of carbonyl (C=O) groups excluding carboxylic acids is 2. The second-order valence-corrected chi connectivity index (χ2v) is 14.1. The number of fused-ring (bicyclic) bond motifs is 5. The molecule has 4 saturated carbocycles. The van der Waals surface area contributed by atoms with Crippen molar-refractivity contribution in [1.82, 2.24) is 0 Å². The van der Waals surface area contributed by atoms with E-state index < -0.39 is 47.8 Å². The topological polar surface area (TPSA) is 141 Å². The quantitative estimate of drug-likeness (QED) is 0.244. The molecule has 2 heterocycles. The SMILES string of the molecule is CO[C@H]1[C@@H](O)[C@@H](C)O[C@@H](O[C@H]2CC[C@@]3(C)[C@H](CC[C@@H]4[C@@H]3CC[C@]3(C)[C@@H](C5=CC(=O)OC5)[C@@H](OC=O)C[C@]43O)C2)[C@@H]1O. The minimum Gasteiger partial charge on any atom is -0.464 e. The van der Waals surface area contributed by atoms with Crippen molar-refractivity contribution < 1.29 is 48.6 Å². The lowest BCUT2D eigenvalue weighted by atomic mass is 9.43. The van der Waals surface area contributed by atoms with E-state index >= 15 is 0 Å². The summed E-state index contributed by atoms with van der Waals surface area (Å²) in [5, 5.41) is 33.7. The zero-order valence-electron chi connectivity index (χ0n) is 24.6. The number of esters is 1. The number of hydrogen-bond donors (Lipinski definition) is 3. The van der Waals surface area contributed by atoms with Crippen LogP contribution in [0.2, 0.25) is 0 Å². The molecule has 230 valence electrons. The van der Waals surface area contributed by atoms with Crippen molar-refractivity contribution in [2.45, 2.75) is 121 Å². The zero-order chi connectivity index (χ0) is 29.3. The van der Waals surface area contributed by atoms with Gasteiger partial charge in [-0.2, -0.15) is 0 Å². The van der Waals surface area contributed by atoms with Crippen LogP contribution in [0.5, 0.6) is 0 Å². The van der Waals surface area contributed by atoms with Crippen molar-refractivity contribution in [2.75, 3.05) is 13.7 Å². The van der Waals surface area contributed by atoms with Crippen molar-refractivity contribution >= 4 is 12.4 Å². The number of carbonyl (C=O) groups is 2. The van der Waals surface area contributed by atoms with Crippen molar-refractivity contribution in [3.63, 3.8) is 0 Å². The molecule has 0 unspecified atom stereocenters. The first-order chi connectivity index (χ1) is 19.5. The van der Waals surface area contributed by atoms with Gasteiger partial charge in [-0.05, 0) is 80.6 Å². The summed E-state index contributed by atoms with van der Waals surface area (Å²) in [6.45, 7) is 6.91. The molecule has 41 heavy (non-hydrogen) atoms. The Bertz CT molecular complexity index is 1060. The number of ether oxygens (including phenoxy) is 5. The molecule has 0 aromatic carbocycles. The summed E-state index contributed by atoms with van der Waals surface area (Å²) in [6.07, 6.45) is 3.37. The molecule has 5 fully saturated rings. The molecule has 0 radical (unpaired) electrons. The highest BCUT2D eigenvalue weighted by molar-refractivity contribution is 5.85. The van der Waals surface area contributed by atoms with Gasteiger partial charge in [0.1, 0.15) is 31.0 Å². The standard InChI is InChI=1S/C31H46O10/c1-16-25(34)27(37-4)26(35)28(40-16)41-19-7-9-29(2)18(12-19)5-6-21-20(29)8-10-30(3)24(17-11-23(33)38-14-17)22(39-15-32)13-31(21,30)36/h11,15-16,18-22,24-28,34-36H,5-10,12-14H2,1-4H3/t16-,18-,19+,20+,21-,22+,24+,25+,26-,27+,28+,29+,30-,31+/m1/s1. The maximum atomic E-state index is 12.6. The van der Waals surface area contributed by atoms with Crippen molar-refractivity contribution in [2.24, 2.45) is 34.5 Å². The van der Waals surface area contributed by atoms with Gasteiger partial charge >= 0.3 is 5.97 Å². The Kier molecular flexibility index (Phi) is 7.60. The van der Waals surface area contributed by atoms with E-state index in [9.17, 15) is 24.9 Å². The monoisotopic (exact) mass is 578 g/mol. The first-order valence-corrected chi connectivity index (χ1v) is 15.4. The first-order valence-electron chi connectivity index (χ1n) is 15.4. The Hall–Kier alpha value is -1.56. The lowest BCUT2D eigenvalue weighted by Crippen LogP contribution is -2.62. The molecule has 4 aliphatic carbocycles. The Balaban J connectivity index is 1.19. The van der Waals surface area contributed by atoms with Gasteiger partial charge in [-0.25, -0.2) is 4.79 Å². The van der Waals surface area contributed by atoms with Crippen LogP contribution in [0.15, 0.2) is 11.6 Å². The van der Waals surface area contributed by atoms with E-state index in [0.29, 0.717) is 24.7 Å². The van der Waals surface area contributed by atoms with Crippen molar-refractivity contribution in [3.8, 4) is 0 Å². The number of hydrogen-bond acceptors (Lipinski definition) is 10. The minimum absolute atomic E-state index is 0.0230. The third-order valence-corrected chi connectivity index (χ3v) is 12.5. The molecule has 0 aromatic rings. The summed E-state index contributed by atoms with van der Waals surface area (Å²) >= 11 is 0. The number of methoxy groups -OCH3 is 1. The molecule has 14 atom stereocenters. The smallest absolute Gasteiger partial charge is 0.331 e. The molecule has 3 N–H and O–H groups in total. The third kappa shape index (κ3) is 4.42. The van der Waals surface area contributed by atoms with Gasteiger partial charge in [0, 0.05) is 30.9 Å². The Morgan fingerprint density at radius 2 is 1.85 bits per heavy atom. The van der Waals surface area contributed by atoms with Crippen LogP contribution in [0.25, 0.3) is 0 Å². The molecule has 1 saturated heterocycles. The highest BCUT2D eigenvalue weighted by Crippen LogP contribution is 2.70. The fraction of sp³-hybridized carbons (Fsp3) is 0.871. The van der Waals surface area contributed by atoms with Gasteiger partial charge in [0.25, 0.3) is 6.47 Å². The highest BCUT2D eigenvalue weighted by atomic mass is 16.7. The summed E-state index contributed by atoms with van der Waals surface area (Å²) in [4.78, 5) is 23.5. The highest BCUT2D eigenvalue weighted by Gasteiger charge is 2.71. The van der Waals surface area contributed by atoms with Gasteiger partial charge in [0.2, 0.25) is 0 Å². The molecule has 6 aliphatic rings. The Morgan fingerprint density at radius 1 is 1.07 bits per heavy atom. The Labute approximate surface area is 241 Å². The summed E-state index contributed by atoms with van der Waals surface area (Å²) in [7, 11) is 1.47. The van der Waals surface area contributed by atoms with E-state index in [1.54, 1.807) is 6.92 Å². The second-order valence-electron chi connectivity index (χ2n) is 14.1. The molecular weight excluding hydrogens is 532 g/mol. The van der Waals surface area contributed by atoms with Crippen LogP contribution >= 0.6 is 0 Å². The fourth-order valence-electron chi connectivity index (χ4n) is 10.3. The molecular formula is C31H46O10. The third-order valence-electron chi connectivity index (χ3n) is 12.5. The predicted molar refractivity (Wildman–Crippen MR) is 144 cm³/mol. The maximum Gasteiger partial charge on any atom is 0.331 e. The van der Waals surface area contributed by atoms with Crippen LogP contribution in [-0.4, -0.2) is 90.0 Å². The minimum atomic E-state index is -1.08. The van der Waals surface area contributed by atoms with Crippen molar-refractivity contribution in [1.29, 1.82) is 0 Å². The molecule has 0 amide bonds. The van der Waals surface area contributed by atoms with Gasteiger partial charge in [-0.1, -0.05) is 13.8 Å².